The first-order chi connectivity index (χ1) is 7.56. The molecule has 0 saturated heterocycles. The molecule has 0 aliphatic heterocycles. The molecule has 0 amide bonds. The van der Waals surface area contributed by atoms with Gasteiger partial charge in [-0.05, 0) is 6.42 Å². The zero-order chi connectivity index (χ0) is 12.1. The predicted molar refractivity (Wildman–Crippen MR) is 59.0 cm³/mol. The van der Waals surface area contributed by atoms with Crippen LogP contribution >= 0.6 is 0 Å². The van der Waals surface area contributed by atoms with Crippen LogP contribution in [0.1, 0.15) is 30.3 Å². The van der Waals surface area contributed by atoms with E-state index in [0.29, 0.717) is 5.82 Å². The number of rotatable bonds is 5. The van der Waals surface area contributed by atoms with Crippen molar-refractivity contribution in [1.29, 1.82) is 0 Å². The number of carboxylic acids is 1. The number of hydrogen-bond donors (Lipinski definition) is 1. The van der Waals surface area contributed by atoms with Crippen LogP contribution in [0, 0.1) is 0 Å². The molecule has 0 fully saturated rings. The molecule has 0 unspecified atom stereocenters. The van der Waals surface area contributed by atoms with Crippen LogP contribution in [0.5, 0.6) is 0 Å². The molecule has 0 aliphatic carbocycles. The Morgan fingerprint density at radius 1 is 1.59 bits per heavy atom. The number of carboxylic acid groups (broad SMARTS) is 1. The van der Waals surface area contributed by atoms with Gasteiger partial charge in [-0.2, -0.15) is 0 Å². The monoisotopic (exact) mass is 246 g/mol. The summed E-state index contributed by atoms with van der Waals surface area (Å²) in [6, 6.07) is 0. The van der Waals surface area contributed by atoms with Gasteiger partial charge in [-0.25, -0.2) is 9.97 Å². The Hall–Kier alpha value is -0.850. The third-order valence-electron chi connectivity index (χ3n) is 2.22. The second-order valence-corrected chi connectivity index (χ2v) is 3.52. The van der Waals surface area contributed by atoms with Crippen LogP contribution in [0.3, 0.4) is 0 Å². The van der Waals surface area contributed by atoms with E-state index >= 15 is 0 Å². The number of carbonyl (C=O) groups excluding carboxylic acids is 1. The first kappa shape index (κ1) is 16.1. The molecule has 0 aromatic carbocycles. The second kappa shape index (κ2) is 7.47. The van der Waals surface area contributed by atoms with E-state index in [1.807, 2.05) is 11.9 Å². The van der Waals surface area contributed by atoms with Gasteiger partial charge in [0.05, 0.1) is 12.2 Å². The summed E-state index contributed by atoms with van der Waals surface area (Å²) < 4.78 is 0. The molecule has 1 rings (SSSR count). The van der Waals surface area contributed by atoms with Gasteiger partial charge in [0.2, 0.25) is 0 Å². The maximum atomic E-state index is 10.6. The fourth-order valence-electron chi connectivity index (χ4n) is 1.24. The Labute approximate surface area is 123 Å². The van der Waals surface area contributed by atoms with E-state index in [-0.39, 0.29) is 41.1 Å². The summed E-state index contributed by atoms with van der Waals surface area (Å²) in [7, 11) is 1.86. The molecule has 1 aromatic rings. The number of carbonyl (C=O) groups is 1. The predicted octanol–water partition coefficient (Wildman–Crippen LogP) is -3.34. The van der Waals surface area contributed by atoms with E-state index in [0.717, 1.165) is 19.4 Å². The van der Waals surface area contributed by atoms with Crippen molar-refractivity contribution >= 4 is 17.6 Å². The smallest absolute Gasteiger partial charge is 0.543 e. The van der Waals surface area contributed by atoms with Gasteiger partial charge < -0.3 is 20.5 Å². The van der Waals surface area contributed by atoms with Gasteiger partial charge in [-0.3, -0.25) is 0 Å². The number of unbranched alkanes of at least 4 members (excludes halogenated alkanes) is 1. The molecule has 0 atom stereocenters. The van der Waals surface area contributed by atoms with E-state index in [4.69, 9.17) is 5.73 Å². The second-order valence-electron chi connectivity index (χ2n) is 3.52. The summed E-state index contributed by atoms with van der Waals surface area (Å²) in [6.07, 6.45) is 3.49. The van der Waals surface area contributed by atoms with Crippen LogP contribution in [0.25, 0.3) is 0 Å². The van der Waals surface area contributed by atoms with Crippen molar-refractivity contribution in [1.82, 2.24) is 9.97 Å². The van der Waals surface area contributed by atoms with Crippen molar-refractivity contribution in [3.63, 3.8) is 0 Å². The van der Waals surface area contributed by atoms with Gasteiger partial charge in [0.25, 0.3) is 0 Å². The average molecular weight is 246 g/mol. The summed E-state index contributed by atoms with van der Waals surface area (Å²) in [6.45, 7) is 2.92. The van der Waals surface area contributed by atoms with E-state index in [2.05, 4.69) is 16.9 Å². The molecule has 2 N–H and O–H groups in total. The number of nitrogen functional groups attached to an aromatic ring is 1. The normalized spacial score (nSPS) is 9.53. The summed E-state index contributed by atoms with van der Waals surface area (Å²) >= 11 is 0. The maximum absolute atomic E-state index is 10.6. The Morgan fingerprint density at radius 3 is 2.71 bits per heavy atom. The van der Waals surface area contributed by atoms with Crippen LogP contribution in [0.4, 0.5) is 11.6 Å². The van der Waals surface area contributed by atoms with Gasteiger partial charge >= 0.3 is 29.6 Å². The first-order valence-corrected chi connectivity index (χ1v) is 5.11. The summed E-state index contributed by atoms with van der Waals surface area (Å²) in [5.74, 6) is -0.954. The molecule has 0 saturated carbocycles. The van der Waals surface area contributed by atoms with Crippen molar-refractivity contribution in [2.75, 3.05) is 24.2 Å². The van der Waals surface area contributed by atoms with Gasteiger partial charge in [0, 0.05) is 13.6 Å². The molecule has 0 spiro atoms. The van der Waals surface area contributed by atoms with Crippen molar-refractivity contribution in [2.24, 2.45) is 0 Å². The third kappa shape index (κ3) is 4.49. The Bertz CT molecular complexity index is 387. The number of nitrogens with two attached hydrogens (primary N) is 1. The summed E-state index contributed by atoms with van der Waals surface area (Å²) in [5.41, 5.74) is 5.16. The maximum Gasteiger partial charge on any atom is 1.00 e. The van der Waals surface area contributed by atoms with Gasteiger partial charge in [-0.1, -0.05) is 13.3 Å². The number of anilines is 2. The Balaban J connectivity index is 0.00000256. The third-order valence-corrected chi connectivity index (χ3v) is 2.22. The van der Waals surface area contributed by atoms with Crippen LogP contribution in [-0.2, 0) is 0 Å². The van der Waals surface area contributed by atoms with Crippen molar-refractivity contribution in [2.45, 2.75) is 19.8 Å². The topological polar surface area (TPSA) is 95.2 Å². The fourth-order valence-corrected chi connectivity index (χ4v) is 1.24. The quantitative estimate of drug-likeness (QED) is 0.546. The van der Waals surface area contributed by atoms with E-state index in [9.17, 15) is 9.90 Å². The fraction of sp³-hybridized carbons (Fsp3) is 0.500. The minimum atomic E-state index is -1.41. The molecule has 1 aromatic heterocycles. The number of hydrogen-bond acceptors (Lipinski definition) is 6. The molecular formula is C10H15N4NaO2. The number of nitrogens with zero attached hydrogens (tertiary/aromatic N) is 3. The largest absolute Gasteiger partial charge is 1.00 e. The molecule has 0 aliphatic rings. The Kier molecular flexibility index (Phi) is 7.10. The van der Waals surface area contributed by atoms with Gasteiger partial charge in [-0.15, -0.1) is 0 Å². The van der Waals surface area contributed by atoms with Crippen molar-refractivity contribution < 1.29 is 39.5 Å². The van der Waals surface area contributed by atoms with E-state index in [1.165, 1.54) is 6.20 Å². The zero-order valence-electron chi connectivity index (χ0n) is 10.4. The molecule has 88 valence electrons. The minimum absolute atomic E-state index is 0. The molecule has 17 heavy (non-hydrogen) atoms. The molecule has 0 radical (unpaired) electrons. The van der Waals surface area contributed by atoms with Crippen molar-refractivity contribution in [3.8, 4) is 0 Å². The molecule has 0 bridgehead atoms. The summed E-state index contributed by atoms with van der Waals surface area (Å²) in [4.78, 5) is 20.1. The first-order valence-electron chi connectivity index (χ1n) is 5.11. The summed E-state index contributed by atoms with van der Waals surface area (Å²) in [5, 5.41) is 10.6. The molecular weight excluding hydrogens is 231 g/mol. The standard InChI is InChI=1S/C10H16N4O2.Na/c1-3-4-5-14(2)7-6-12-8(10(15)16)9(11)13-7;/h6H,3-5H2,1-2H3,(H2,11,13)(H,15,16);/q;+1/p-1. The Morgan fingerprint density at radius 2 is 2.24 bits per heavy atom. The van der Waals surface area contributed by atoms with Crippen molar-refractivity contribution in [3.05, 3.63) is 11.9 Å². The van der Waals surface area contributed by atoms with E-state index < -0.39 is 5.97 Å². The molecule has 7 heteroatoms. The van der Waals surface area contributed by atoms with Crippen LogP contribution in [-0.4, -0.2) is 29.5 Å². The van der Waals surface area contributed by atoms with Gasteiger partial charge in [0.15, 0.2) is 5.82 Å². The molecule has 1 heterocycles. The van der Waals surface area contributed by atoms with Crippen LogP contribution < -0.4 is 45.3 Å². The molecule has 6 nitrogen and oxygen atoms in total. The van der Waals surface area contributed by atoms with Gasteiger partial charge in [0.1, 0.15) is 11.5 Å². The zero-order valence-corrected chi connectivity index (χ0v) is 12.4. The van der Waals surface area contributed by atoms with Crippen LogP contribution in [0.15, 0.2) is 6.20 Å². The average Bonchev–Trinajstić information content (AvgIpc) is 2.25. The minimum Gasteiger partial charge on any atom is -0.543 e. The number of aromatic nitrogens is 2. The number of aromatic carboxylic acids is 1. The van der Waals surface area contributed by atoms with E-state index in [1.54, 1.807) is 0 Å². The van der Waals surface area contributed by atoms with Crippen LogP contribution in [0.2, 0.25) is 0 Å². The SMILES string of the molecule is CCCCN(C)c1cnc(C(=O)[O-])c(N)n1.[Na+].